The van der Waals surface area contributed by atoms with Gasteiger partial charge in [0.25, 0.3) is 0 Å². The standard InChI is InChI=1S/C26H25ClO5/c1-15(2)11-23(28)20-8-10-24(16(3)25(20)29)32-14-17-5-4-6-18(12-17)19-7-9-22(27)21(13-19)26(30)31/h4-10,12-13,15,29H,11,14H2,1-3H3,(H,30,31). The number of aromatic carboxylic acids is 1. The number of rotatable bonds is 8. The summed E-state index contributed by atoms with van der Waals surface area (Å²) in [6, 6.07) is 15.7. The number of hydrogen-bond donors (Lipinski definition) is 2. The Bertz CT molecular complexity index is 1170. The molecule has 0 saturated carbocycles. The molecule has 0 saturated heterocycles. The predicted octanol–water partition coefficient (Wildman–Crippen LogP) is 6.53. The van der Waals surface area contributed by atoms with E-state index in [1.165, 1.54) is 0 Å². The van der Waals surface area contributed by atoms with Crippen molar-refractivity contribution < 1.29 is 24.5 Å². The number of carboxylic acids is 1. The van der Waals surface area contributed by atoms with E-state index >= 15 is 0 Å². The van der Waals surface area contributed by atoms with Crippen LogP contribution >= 0.6 is 11.6 Å². The van der Waals surface area contributed by atoms with E-state index < -0.39 is 5.97 Å². The number of carboxylic acid groups (broad SMARTS) is 1. The molecule has 0 aliphatic heterocycles. The summed E-state index contributed by atoms with van der Waals surface area (Å²) in [4.78, 5) is 23.7. The van der Waals surface area contributed by atoms with Gasteiger partial charge >= 0.3 is 5.97 Å². The van der Waals surface area contributed by atoms with Crippen molar-refractivity contribution in [2.75, 3.05) is 0 Å². The second kappa shape index (κ2) is 9.88. The summed E-state index contributed by atoms with van der Waals surface area (Å²) in [5.74, 6) is -0.527. The van der Waals surface area contributed by atoms with Crippen molar-refractivity contribution in [1.82, 2.24) is 0 Å². The molecule has 0 radical (unpaired) electrons. The van der Waals surface area contributed by atoms with Gasteiger partial charge in [0.15, 0.2) is 5.78 Å². The molecule has 32 heavy (non-hydrogen) atoms. The zero-order valence-corrected chi connectivity index (χ0v) is 18.9. The van der Waals surface area contributed by atoms with Crippen LogP contribution in [0.5, 0.6) is 11.5 Å². The van der Waals surface area contributed by atoms with E-state index in [4.69, 9.17) is 16.3 Å². The van der Waals surface area contributed by atoms with E-state index in [0.29, 0.717) is 23.3 Å². The van der Waals surface area contributed by atoms with Crippen LogP contribution in [0, 0.1) is 12.8 Å². The molecular weight excluding hydrogens is 428 g/mol. The number of ketones is 1. The SMILES string of the molecule is Cc1c(OCc2cccc(-c3ccc(Cl)c(C(=O)O)c3)c2)ccc(C(=O)CC(C)C)c1O. The Morgan fingerprint density at radius 3 is 2.41 bits per heavy atom. The number of ether oxygens (including phenoxy) is 1. The van der Waals surface area contributed by atoms with Crippen molar-refractivity contribution in [1.29, 1.82) is 0 Å². The maximum atomic E-state index is 12.3. The summed E-state index contributed by atoms with van der Waals surface area (Å²) in [6.07, 6.45) is 0.369. The van der Waals surface area contributed by atoms with Gasteiger partial charge < -0.3 is 14.9 Å². The highest BCUT2D eigenvalue weighted by Gasteiger charge is 2.17. The molecule has 6 heteroatoms. The van der Waals surface area contributed by atoms with E-state index in [9.17, 15) is 19.8 Å². The highest BCUT2D eigenvalue weighted by atomic mass is 35.5. The van der Waals surface area contributed by atoms with Crippen molar-refractivity contribution in [3.8, 4) is 22.6 Å². The van der Waals surface area contributed by atoms with Gasteiger partial charge in [-0.3, -0.25) is 4.79 Å². The summed E-state index contributed by atoms with van der Waals surface area (Å²) >= 11 is 5.97. The zero-order valence-electron chi connectivity index (χ0n) is 18.2. The number of halogens is 1. The lowest BCUT2D eigenvalue weighted by molar-refractivity contribution is 0.0696. The Kier molecular flexibility index (Phi) is 7.21. The van der Waals surface area contributed by atoms with E-state index in [-0.39, 0.29) is 34.6 Å². The smallest absolute Gasteiger partial charge is 0.337 e. The van der Waals surface area contributed by atoms with Crippen LogP contribution in [0.1, 0.15) is 52.1 Å². The number of aromatic hydroxyl groups is 1. The lowest BCUT2D eigenvalue weighted by atomic mass is 9.98. The van der Waals surface area contributed by atoms with Gasteiger partial charge in [0.2, 0.25) is 0 Å². The number of benzene rings is 3. The number of phenols is 1. The minimum absolute atomic E-state index is 0.0454. The highest BCUT2D eigenvalue weighted by Crippen LogP contribution is 2.32. The Morgan fingerprint density at radius 2 is 1.72 bits per heavy atom. The average molecular weight is 453 g/mol. The van der Waals surface area contributed by atoms with Crippen LogP contribution in [-0.4, -0.2) is 22.0 Å². The van der Waals surface area contributed by atoms with Crippen LogP contribution in [0.2, 0.25) is 5.02 Å². The van der Waals surface area contributed by atoms with Crippen LogP contribution < -0.4 is 4.74 Å². The van der Waals surface area contributed by atoms with Gasteiger partial charge in [-0.2, -0.15) is 0 Å². The fraction of sp³-hybridized carbons (Fsp3) is 0.231. The second-order valence-electron chi connectivity index (χ2n) is 8.09. The Balaban J connectivity index is 1.79. The van der Waals surface area contributed by atoms with E-state index in [0.717, 1.165) is 16.7 Å². The molecule has 0 amide bonds. The molecule has 3 rings (SSSR count). The Hall–Kier alpha value is -3.31. The third-order valence-electron chi connectivity index (χ3n) is 5.13. The van der Waals surface area contributed by atoms with Crippen LogP contribution in [0.3, 0.4) is 0 Å². The van der Waals surface area contributed by atoms with Crippen molar-refractivity contribution in [3.63, 3.8) is 0 Å². The van der Waals surface area contributed by atoms with Gasteiger partial charge in [-0.25, -0.2) is 4.79 Å². The van der Waals surface area contributed by atoms with E-state index in [1.807, 2.05) is 38.1 Å². The van der Waals surface area contributed by atoms with Gasteiger partial charge in [0.1, 0.15) is 18.1 Å². The van der Waals surface area contributed by atoms with Crippen molar-refractivity contribution in [2.24, 2.45) is 5.92 Å². The molecule has 3 aromatic carbocycles. The quantitative estimate of drug-likeness (QED) is 0.380. The number of Topliss-reactive ketones (excluding diaryl/α,β-unsaturated/α-hetero) is 1. The van der Waals surface area contributed by atoms with Crippen molar-refractivity contribution in [3.05, 3.63) is 81.9 Å². The van der Waals surface area contributed by atoms with E-state index in [1.54, 1.807) is 37.3 Å². The first-order valence-electron chi connectivity index (χ1n) is 10.3. The molecule has 0 aromatic heterocycles. The van der Waals surface area contributed by atoms with Crippen LogP contribution in [-0.2, 0) is 6.61 Å². The van der Waals surface area contributed by atoms with Crippen molar-refractivity contribution >= 4 is 23.4 Å². The molecule has 2 N–H and O–H groups in total. The predicted molar refractivity (Wildman–Crippen MR) is 125 cm³/mol. The fourth-order valence-electron chi connectivity index (χ4n) is 3.41. The molecule has 0 aliphatic carbocycles. The molecule has 0 spiro atoms. The van der Waals surface area contributed by atoms with E-state index in [2.05, 4.69) is 0 Å². The van der Waals surface area contributed by atoms with Crippen molar-refractivity contribution in [2.45, 2.75) is 33.8 Å². The first-order valence-corrected chi connectivity index (χ1v) is 10.7. The van der Waals surface area contributed by atoms with Crippen LogP contribution in [0.15, 0.2) is 54.6 Å². The normalized spacial score (nSPS) is 10.9. The van der Waals surface area contributed by atoms with Crippen LogP contribution in [0.25, 0.3) is 11.1 Å². The van der Waals surface area contributed by atoms with Gasteiger partial charge in [0.05, 0.1) is 16.1 Å². The minimum Gasteiger partial charge on any atom is -0.507 e. The van der Waals surface area contributed by atoms with Gasteiger partial charge in [-0.15, -0.1) is 0 Å². The molecule has 3 aromatic rings. The molecule has 0 unspecified atom stereocenters. The molecule has 0 fully saturated rings. The Morgan fingerprint density at radius 1 is 1.00 bits per heavy atom. The molecular formula is C26H25ClO5. The number of phenolic OH excluding ortho intramolecular Hbond substituents is 1. The maximum absolute atomic E-state index is 12.3. The molecule has 0 atom stereocenters. The third-order valence-corrected chi connectivity index (χ3v) is 5.46. The summed E-state index contributed by atoms with van der Waals surface area (Å²) in [5.41, 5.74) is 3.30. The third kappa shape index (κ3) is 5.29. The number of carbonyl (C=O) groups excluding carboxylic acids is 1. The first-order chi connectivity index (χ1) is 15.2. The summed E-state index contributed by atoms with van der Waals surface area (Å²) < 4.78 is 5.90. The fourth-order valence-corrected chi connectivity index (χ4v) is 3.61. The minimum atomic E-state index is -1.08. The lowest BCUT2D eigenvalue weighted by Gasteiger charge is -2.14. The monoisotopic (exact) mass is 452 g/mol. The Labute approximate surface area is 192 Å². The molecule has 0 aliphatic rings. The maximum Gasteiger partial charge on any atom is 0.337 e. The molecule has 5 nitrogen and oxygen atoms in total. The number of carbonyl (C=O) groups is 2. The average Bonchev–Trinajstić information content (AvgIpc) is 2.74. The molecule has 166 valence electrons. The first kappa shape index (κ1) is 23.4. The topological polar surface area (TPSA) is 83.8 Å². The highest BCUT2D eigenvalue weighted by molar-refractivity contribution is 6.33. The van der Waals surface area contributed by atoms with Gasteiger partial charge in [-0.1, -0.05) is 49.7 Å². The molecule has 0 heterocycles. The largest absolute Gasteiger partial charge is 0.507 e. The summed E-state index contributed by atoms with van der Waals surface area (Å²) in [6.45, 7) is 5.88. The second-order valence-corrected chi connectivity index (χ2v) is 8.50. The molecule has 0 bridgehead atoms. The zero-order chi connectivity index (χ0) is 23.4. The van der Waals surface area contributed by atoms with Gasteiger partial charge in [-0.05, 0) is 59.9 Å². The van der Waals surface area contributed by atoms with Gasteiger partial charge in [0, 0.05) is 12.0 Å². The summed E-state index contributed by atoms with van der Waals surface area (Å²) in [7, 11) is 0. The summed E-state index contributed by atoms with van der Waals surface area (Å²) in [5, 5.41) is 20.0. The lowest BCUT2D eigenvalue weighted by Crippen LogP contribution is -2.05. The number of hydrogen-bond acceptors (Lipinski definition) is 4. The van der Waals surface area contributed by atoms with Crippen LogP contribution in [0.4, 0.5) is 0 Å².